The molecule has 0 radical (unpaired) electrons. The normalized spacial score (nSPS) is 10.6. The number of aromatic hydroxyl groups is 1. The molecule has 0 saturated heterocycles. The van der Waals surface area contributed by atoms with Crippen LogP contribution in [-0.2, 0) is 0 Å². The third-order valence-corrected chi connectivity index (χ3v) is 3.35. The van der Waals surface area contributed by atoms with Crippen LogP contribution in [0, 0.1) is 4.77 Å². The lowest BCUT2D eigenvalue weighted by atomic mass is 10.3. The largest absolute Gasteiger partial charge is 0.494 e. The molecule has 10 heteroatoms. The lowest BCUT2D eigenvalue weighted by Crippen LogP contribution is -2.24. The molecule has 0 atom stereocenters. The third kappa shape index (κ3) is 4.48. The van der Waals surface area contributed by atoms with Crippen molar-refractivity contribution in [1.82, 2.24) is 15.4 Å². The molecular formula is C12H10BrN5O2S2. The Balaban J connectivity index is 2.00. The van der Waals surface area contributed by atoms with Crippen LogP contribution in [0.5, 0.6) is 5.88 Å². The monoisotopic (exact) mass is 399 g/mol. The lowest BCUT2D eigenvalue weighted by Gasteiger charge is -2.06. The third-order valence-electron chi connectivity index (χ3n) is 2.42. The zero-order valence-corrected chi connectivity index (χ0v) is 14.1. The van der Waals surface area contributed by atoms with Crippen LogP contribution in [-0.4, -0.2) is 26.4 Å². The van der Waals surface area contributed by atoms with Crippen molar-refractivity contribution in [1.29, 1.82) is 0 Å². The number of H-pyrrole nitrogens is 2. The minimum absolute atomic E-state index is 0.0278. The van der Waals surface area contributed by atoms with Crippen LogP contribution >= 0.6 is 40.4 Å². The maximum atomic E-state index is 11.6. The van der Waals surface area contributed by atoms with Gasteiger partial charge in [0.15, 0.2) is 9.88 Å². The summed E-state index contributed by atoms with van der Waals surface area (Å²) in [6.45, 7) is 0. The Hall–Kier alpha value is -2.04. The van der Waals surface area contributed by atoms with Gasteiger partial charge in [0.1, 0.15) is 5.56 Å². The van der Waals surface area contributed by atoms with E-state index in [4.69, 9.17) is 24.4 Å². The van der Waals surface area contributed by atoms with E-state index in [0.717, 1.165) is 16.4 Å². The number of thiocarbonyl (C=S) groups is 1. The molecule has 1 heterocycles. The van der Waals surface area contributed by atoms with E-state index in [1.54, 1.807) is 0 Å². The summed E-state index contributed by atoms with van der Waals surface area (Å²) >= 11 is 13.1. The molecule has 0 saturated carbocycles. The van der Waals surface area contributed by atoms with Gasteiger partial charge in [0.25, 0.3) is 5.56 Å². The molecular weight excluding hydrogens is 390 g/mol. The average Bonchev–Trinajstić information content (AvgIpc) is 2.44. The number of rotatable bonds is 3. The molecule has 114 valence electrons. The van der Waals surface area contributed by atoms with Gasteiger partial charge in [-0.1, -0.05) is 15.9 Å². The summed E-state index contributed by atoms with van der Waals surface area (Å²) in [5.74, 6) is -0.369. The van der Waals surface area contributed by atoms with Gasteiger partial charge in [0.05, 0.1) is 6.21 Å². The summed E-state index contributed by atoms with van der Waals surface area (Å²) in [5.41, 5.74) is 2.70. The number of anilines is 1. The summed E-state index contributed by atoms with van der Waals surface area (Å²) in [6.07, 6.45) is 1.13. The molecule has 7 nitrogen and oxygen atoms in total. The first kappa shape index (κ1) is 16.3. The maximum absolute atomic E-state index is 11.6. The molecule has 0 amide bonds. The Bertz CT molecular complexity index is 829. The van der Waals surface area contributed by atoms with Crippen molar-refractivity contribution >= 4 is 57.4 Å². The van der Waals surface area contributed by atoms with Gasteiger partial charge < -0.3 is 15.4 Å². The lowest BCUT2D eigenvalue weighted by molar-refractivity contribution is 0.449. The van der Waals surface area contributed by atoms with Crippen LogP contribution in [0.25, 0.3) is 0 Å². The van der Waals surface area contributed by atoms with Gasteiger partial charge in [-0.3, -0.25) is 15.2 Å². The fourth-order valence-corrected chi connectivity index (χ4v) is 2.08. The quantitative estimate of drug-likeness (QED) is 0.308. The molecule has 0 aliphatic rings. The Labute approximate surface area is 143 Å². The molecule has 1 aromatic carbocycles. The molecule has 0 aliphatic carbocycles. The summed E-state index contributed by atoms with van der Waals surface area (Å²) in [5, 5.41) is 16.5. The smallest absolute Gasteiger partial charge is 0.264 e. The number of nitrogens with zero attached hydrogens (tertiary/aromatic N) is 1. The van der Waals surface area contributed by atoms with E-state index in [2.05, 4.69) is 41.7 Å². The highest BCUT2D eigenvalue weighted by Gasteiger charge is 2.04. The first-order chi connectivity index (χ1) is 10.5. The van der Waals surface area contributed by atoms with Crippen LogP contribution in [0.15, 0.2) is 38.6 Å². The fourth-order valence-electron chi connectivity index (χ4n) is 1.45. The Morgan fingerprint density at radius 1 is 1.32 bits per heavy atom. The second kappa shape index (κ2) is 7.29. The zero-order chi connectivity index (χ0) is 16.1. The van der Waals surface area contributed by atoms with E-state index in [0.29, 0.717) is 0 Å². The summed E-state index contributed by atoms with van der Waals surface area (Å²) < 4.78 is 0.978. The van der Waals surface area contributed by atoms with Crippen molar-refractivity contribution in [2.24, 2.45) is 5.10 Å². The average molecular weight is 400 g/mol. The molecule has 2 aromatic rings. The number of halogens is 1. The van der Waals surface area contributed by atoms with Gasteiger partial charge in [-0.15, -0.1) is 0 Å². The first-order valence-electron chi connectivity index (χ1n) is 5.87. The van der Waals surface area contributed by atoms with Crippen LogP contribution in [0.1, 0.15) is 5.56 Å². The zero-order valence-electron chi connectivity index (χ0n) is 10.9. The summed E-state index contributed by atoms with van der Waals surface area (Å²) in [4.78, 5) is 16.3. The van der Waals surface area contributed by atoms with Gasteiger partial charge in [-0.2, -0.15) is 5.10 Å². The highest BCUT2D eigenvalue weighted by Crippen LogP contribution is 2.13. The van der Waals surface area contributed by atoms with Crippen LogP contribution < -0.4 is 16.3 Å². The van der Waals surface area contributed by atoms with E-state index in [-0.39, 0.29) is 21.3 Å². The number of aromatic amines is 2. The van der Waals surface area contributed by atoms with Crippen molar-refractivity contribution in [3.05, 3.63) is 49.4 Å². The molecule has 0 aliphatic heterocycles. The SMILES string of the molecule is O=c1[nH]c(=S)[nH]c(O)c1C=NNC(=S)Nc1ccc(Br)cc1. The van der Waals surface area contributed by atoms with Crippen LogP contribution in [0.2, 0.25) is 0 Å². The van der Waals surface area contributed by atoms with E-state index < -0.39 is 5.56 Å². The minimum atomic E-state index is -0.557. The number of aromatic nitrogens is 2. The van der Waals surface area contributed by atoms with E-state index >= 15 is 0 Å². The molecule has 5 N–H and O–H groups in total. The number of nitrogens with one attached hydrogen (secondary N) is 4. The van der Waals surface area contributed by atoms with Crippen molar-refractivity contribution in [2.75, 3.05) is 5.32 Å². The van der Waals surface area contributed by atoms with Gasteiger partial charge in [-0.05, 0) is 48.7 Å². The second-order valence-electron chi connectivity index (χ2n) is 4.00. The first-order valence-corrected chi connectivity index (χ1v) is 7.48. The van der Waals surface area contributed by atoms with Crippen LogP contribution in [0.3, 0.4) is 0 Å². The second-order valence-corrected chi connectivity index (χ2v) is 5.73. The van der Waals surface area contributed by atoms with Gasteiger partial charge in [0, 0.05) is 10.2 Å². The molecule has 22 heavy (non-hydrogen) atoms. The maximum Gasteiger partial charge on any atom is 0.264 e. The number of benzene rings is 1. The summed E-state index contributed by atoms with van der Waals surface area (Å²) in [6, 6.07) is 7.38. The van der Waals surface area contributed by atoms with Crippen molar-refractivity contribution < 1.29 is 5.11 Å². The van der Waals surface area contributed by atoms with Gasteiger partial charge in [-0.25, -0.2) is 0 Å². The number of hydrazone groups is 1. The standard InChI is InChI=1S/C12H10BrN5O2S2/c13-6-1-3-7(4-2-6)15-12(22)18-14-5-8-9(19)16-11(21)17-10(8)20/h1-5H,(H2,15,18,22)(H3,16,17,19,20,21). The summed E-state index contributed by atoms with van der Waals surface area (Å²) in [7, 11) is 0. The predicted octanol–water partition coefficient (Wildman–Crippen LogP) is 2.22. The predicted molar refractivity (Wildman–Crippen MR) is 95.0 cm³/mol. The van der Waals surface area contributed by atoms with Crippen molar-refractivity contribution in [3.8, 4) is 5.88 Å². The molecule has 2 rings (SSSR count). The molecule has 0 bridgehead atoms. The highest BCUT2D eigenvalue weighted by molar-refractivity contribution is 9.10. The number of hydrogen-bond acceptors (Lipinski definition) is 5. The molecule has 0 spiro atoms. The number of hydrogen-bond donors (Lipinski definition) is 5. The van der Waals surface area contributed by atoms with Crippen molar-refractivity contribution in [3.63, 3.8) is 0 Å². The van der Waals surface area contributed by atoms with Crippen molar-refractivity contribution in [2.45, 2.75) is 0 Å². The van der Waals surface area contributed by atoms with Gasteiger partial charge in [0.2, 0.25) is 5.88 Å². The Morgan fingerprint density at radius 2 is 2.00 bits per heavy atom. The minimum Gasteiger partial charge on any atom is -0.494 e. The van der Waals surface area contributed by atoms with E-state index in [1.165, 1.54) is 0 Å². The Kier molecular flexibility index (Phi) is 5.41. The van der Waals surface area contributed by atoms with E-state index in [1.807, 2.05) is 24.3 Å². The van der Waals surface area contributed by atoms with Crippen LogP contribution in [0.4, 0.5) is 5.69 Å². The fraction of sp³-hybridized carbons (Fsp3) is 0. The molecule has 1 aromatic heterocycles. The molecule has 0 fully saturated rings. The molecule has 0 unspecified atom stereocenters. The Morgan fingerprint density at radius 3 is 2.64 bits per heavy atom. The topological polar surface area (TPSA) is 105 Å². The van der Waals surface area contributed by atoms with Gasteiger partial charge >= 0.3 is 0 Å². The van der Waals surface area contributed by atoms with E-state index in [9.17, 15) is 9.90 Å². The highest BCUT2D eigenvalue weighted by atomic mass is 79.9.